The van der Waals surface area contributed by atoms with Gasteiger partial charge in [0.25, 0.3) is 0 Å². The van der Waals surface area contributed by atoms with Crippen LogP contribution in [-0.4, -0.2) is 35.7 Å². The fourth-order valence-electron chi connectivity index (χ4n) is 12.3. The van der Waals surface area contributed by atoms with E-state index in [2.05, 4.69) is 58.1 Å². The molecule has 4 saturated carbocycles. The molecular formula is C37H49F2NO4. The highest BCUT2D eigenvalue weighted by atomic mass is 19.3. The first-order valence-corrected chi connectivity index (χ1v) is 16.7. The molecule has 7 heteroatoms. The summed E-state index contributed by atoms with van der Waals surface area (Å²) in [6, 6.07) is 8.03. The fourth-order valence-corrected chi connectivity index (χ4v) is 12.3. The number of aldehydes is 1. The minimum atomic E-state index is -4.41. The minimum Gasteiger partial charge on any atom is -0.476 e. The molecule has 0 bridgehead atoms. The highest BCUT2D eigenvalue weighted by molar-refractivity contribution is 6.03. The van der Waals surface area contributed by atoms with Gasteiger partial charge in [0, 0.05) is 12.1 Å². The molecule has 8 atom stereocenters. The zero-order valence-corrected chi connectivity index (χ0v) is 27.0. The molecule has 0 spiro atoms. The highest BCUT2D eigenvalue weighted by Gasteiger charge is 2.69. The van der Waals surface area contributed by atoms with E-state index < -0.39 is 17.8 Å². The van der Waals surface area contributed by atoms with Gasteiger partial charge in [0.15, 0.2) is 0 Å². The first-order chi connectivity index (χ1) is 20.6. The molecule has 5 aliphatic rings. The molecule has 1 amide bonds. The second-order valence-corrected chi connectivity index (χ2v) is 16.4. The van der Waals surface area contributed by atoms with Crippen LogP contribution in [0.1, 0.15) is 115 Å². The van der Waals surface area contributed by atoms with Crippen LogP contribution in [0.25, 0.3) is 5.57 Å². The lowest BCUT2D eigenvalue weighted by molar-refractivity contribution is -0.222. The van der Waals surface area contributed by atoms with Gasteiger partial charge in [-0.15, -0.1) is 0 Å². The number of fused-ring (bicyclic) bond motifs is 7. The van der Waals surface area contributed by atoms with Crippen molar-refractivity contribution < 1.29 is 28.3 Å². The number of benzene rings is 1. The van der Waals surface area contributed by atoms with E-state index >= 15 is 0 Å². The quantitative estimate of drug-likeness (QED) is 0.252. The third-order valence-electron chi connectivity index (χ3n) is 14.6. The largest absolute Gasteiger partial charge is 0.476 e. The Morgan fingerprint density at radius 1 is 0.909 bits per heavy atom. The van der Waals surface area contributed by atoms with Crippen molar-refractivity contribution >= 4 is 23.7 Å². The monoisotopic (exact) mass is 609 g/mol. The molecule has 0 aliphatic heterocycles. The molecule has 2 N–H and O–H groups in total. The molecule has 44 heavy (non-hydrogen) atoms. The summed E-state index contributed by atoms with van der Waals surface area (Å²) in [4.78, 5) is 34.5. The van der Waals surface area contributed by atoms with Gasteiger partial charge >= 0.3 is 17.8 Å². The summed E-state index contributed by atoms with van der Waals surface area (Å²) in [5, 5.41) is 11.3. The van der Waals surface area contributed by atoms with Crippen LogP contribution in [-0.2, 0) is 9.59 Å². The number of carbonyl (C=O) groups is 3. The second kappa shape index (κ2) is 10.2. The molecule has 3 unspecified atom stereocenters. The number of halogens is 2. The predicted octanol–water partition coefficient (Wildman–Crippen LogP) is 8.18. The molecule has 0 saturated heterocycles. The lowest BCUT2D eigenvalue weighted by atomic mass is 9.32. The summed E-state index contributed by atoms with van der Waals surface area (Å²) in [6.45, 7) is 12.6. The number of nitrogens with one attached hydrogen (secondary N) is 1. The molecule has 240 valence electrons. The number of carboxylic acids is 1. The van der Waals surface area contributed by atoms with Crippen LogP contribution < -0.4 is 5.32 Å². The normalized spacial score (nSPS) is 40.8. The SMILES string of the molecule is CC1(C)C(c2ccc(C=O)cc2)=CC[C@@]2(C)C1CC[C@]1(C)C2CC[C@@H]2C3CCC[C@]3(CNC(=O)C(F)(F)C(=O)O)CC[C@]21C. The van der Waals surface area contributed by atoms with Crippen LogP contribution in [0.5, 0.6) is 0 Å². The van der Waals surface area contributed by atoms with Crippen molar-refractivity contribution in [2.75, 3.05) is 6.54 Å². The Kier molecular flexibility index (Phi) is 7.30. The number of alkyl halides is 2. The zero-order valence-electron chi connectivity index (χ0n) is 27.0. The molecule has 1 aromatic rings. The van der Waals surface area contributed by atoms with E-state index in [4.69, 9.17) is 5.11 Å². The van der Waals surface area contributed by atoms with Crippen molar-refractivity contribution in [2.45, 2.75) is 105 Å². The van der Waals surface area contributed by atoms with Crippen molar-refractivity contribution in [2.24, 2.45) is 50.7 Å². The zero-order chi connectivity index (χ0) is 31.9. The standard InChI is InChI=1S/C37H49F2NO4/c1-32(2)25(24-10-8-23(21-41)9-11-24)14-17-33(3)28(32)15-18-35(5)29(33)13-12-26-27-7-6-16-36(27,20-19-34(26,35)4)22-40-30(42)37(38,39)31(43)44/h8-11,14,21,26-29H,6-7,12-13,15-20,22H2,1-5H3,(H,40,42)(H,43,44)/t26-,27?,28?,29?,33+,34-,35-,36-/m1/s1. The maximum Gasteiger partial charge on any atom is 0.418 e. The molecule has 5 nitrogen and oxygen atoms in total. The average Bonchev–Trinajstić information content (AvgIpc) is 3.40. The summed E-state index contributed by atoms with van der Waals surface area (Å²) in [7, 11) is 0. The van der Waals surface area contributed by atoms with E-state index in [9.17, 15) is 23.2 Å². The summed E-state index contributed by atoms with van der Waals surface area (Å²) in [5.74, 6) is -6.55. The molecule has 5 aliphatic carbocycles. The number of aliphatic carboxylic acids is 1. The van der Waals surface area contributed by atoms with Gasteiger partial charge in [-0.25, -0.2) is 4.79 Å². The first-order valence-electron chi connectivity index (χ1n) is 16.7. The van der Waals surface area contributed by atoms with E-state index in [1.807, 2.05) is 12.1 Å². The predicted molar refractivity (Wildman–Crippen MR) is 166 cm³/mol. The van der Waals surface area contributed by atoms with E-state index in [0.29, 0.717) is 29.2 Å². The van der Waals surface area contributed by atoms with Gasteiger partial charge in [-0.2, -0.15) is 8.78 Å². The van der Waals surface area contributed by atoms with Crippen LogP contribution >= 0.6 is 0 Å². The second-order valence-electron chi connectivity index (χ2n) is 16.4. The third kappa shape index (κ3) is 4.22. The van der Waals surface area contributed by atoms with Crippen LogP contribution in [0.2, 0.25) is 0 Å². The van der Waals surface area contributed by atoms with Crippen molar-refractivity contribution in [3.05, 3.63) is 41.5 Å². The number of hydrogen-bond acceptors (Lipinski definition) is 3. The van der Waals surface area contributed by atoms with Crippen LogP contribution in [0.4, 0.5) is 8.78 Å². The third-order valence-corrected chi connectivity index (χ3v) is 14.6. The van der Waals surface area contributed by atoms with Gasteiger partial charge in [0.2, 0.25) is 0 Å². The first kappa shape index (κ1) is 31.4. The Bertz CT molecular complexity index is 1390. The maximum atomic E-state index is 14.0. The van der Waals surface area contributed by atoms with Gasteiger partial charge in [0.05, 0.1) is 0 Å². The Labute approximate surface area is 260 Å². The van der Waals surface area contributed by atoms with E-state index in [1.165, 1.54) is 24.0 Å². The molecule has 0 aromatic heterocycles. The fraction of sp³-hybridized carbons (Fsp3) is 0.703. The topological polar surface area (TPSA) is 83.5 Å². The lowest BCUT2D eigenvalue weighted by Gasteiger charge is -2.72. The van der Waals surface area contributed by atoms with Crippen molar-refractivity contribution in [1.29, 1.82) is 0 Å². The van der Waals surface area contributed by atoms with Crippen LogP contribution in [0.15, 0.2) is 30.3 Å². The summed E-state index contributed by atoms with van der Waals surface area (Å²) >= 11 is 0. The Balaban J connectivity index is 1.27. The van der Waals surface area contributed by atoms with Crippen molar-refractivity contribution in [1.82, 2.24) is 5.32 Å². The molecule has 4 fully saturated rings. The number of carboxylic acid groups (broad SMARTS) is 1. The number of amides is 1. The van der Waals surface area contributed by atoms with E-state index in [1.54, 1.807) is 0 Å². The van der Waals surface area contributed by atoms with Gasteiger partial charge in [-0.1, -0.05) is 71.4 Å². The lowest BCUT2D eigenvalue weighted by Crippen LogP contribution is -2.65. The van der Waals surface area contributed by atoms with Gasteiger partial charge < -0.3 is 10.4 Å². The minimum absolute atomic E-state index is 0.00181. The molecular weight excluding hydrogens is 560 g/mol. The Morgan fingerprint density at radius 3 is 2.27 bits per heavy atom. The highest BCUT2D eigenvalue weighted by Crippen LogP contribution is 2.77. The average molecular weight is 610 g/mol. The number of allylic oxidation sites excluding steroid dienone is 2. The van der Waals surface area contributed by atoms with Crippen molar-refractivity contribution in [3.8, 4) is 0 Å². The smallest absolute Gasteiger partial charge is 0.418 e. The summed E-state index contributed by atoms with van der Waals surface area (Å²) in [6.07, 6.45) is 13.9. The van der Waals surface area contributed by atoms with E-state index in [-0.39, 0.29) is 33.6 Å². The van der Waals surface area contributed by atoms with Gasteiger partial charge in [-0.3, -0.25) is 9.59 Å². The molecule has 0 radical (unpaired) electrons. The van der Waals surface area contributed by atoms with Gasteiger partial charge in [0.1, 0.15) is 6.29 Å². The van der Waals surface area contributed by atoms with Crippen LogP contribution in [0, 0.1) is 50.7 Å². The molecule has 6 rings (SSSR count). The van der Waals surface area contributed by atoms with E-state index in [0.717, 1.165) is 57.7 Å². The van der Waals surface area contributed by atoms with Gasteiger partial charge in [-0.05, 0) is 120 Å². The van der Waals surface area contributed by atoms with Crippen LogP contribution in [0.3, 0.4) is 0 Å². The summed E-state index contributed by atoms with van der Waals surface area (Å²) in [5.41, 5.74) is 3.51. The number of rotatable bonds is 6. The summed E-state index contributed by atoms with van der Waals surface area (Å²) < 4.78 is 27.9. The number of carbonyl (C=O) groups excluding carboxylic acids is 2. The Hall–Kier alpha value is -2.57. The van der Waals surface area contributed by atoms with Crippen molar-refractivity contribution in [3.63, 3.8) is 0 Å². The molecule has 1 aromatic carbocycles. The Morgan fingerprint density at radius 2 is 1.61 bits per heavy atom. The number of hydrogen-bond donors (Lipinski definition) is 2. The molecule has 0 heterocycles. The maximum absolute atomic E-state index is 14.0.